The van der Waals surface area contributed by atoms with Crippen molar-refractivity contribution in [1.82, 2.24) is 5.32 Å². The number of nitrogens with zero attached hydrogens (tertiary/aromatic N) is 1. The second-order valence-corrected chi connectivity index (χ2v) is 5.40. The van der Waals surface area contributed by atoms with Gasteiger partial charge in [0, 0.05) is 12.6 Å². The average Bonchev–Trinajstić information content (AvgIpc) is 2.46. The zero-order valence-electron chi connectivity index (χ0n) is 11.1. The number of benzene rings is 1. The van der Waals surface area contributed by atoms with Gasteiger partial charge in [-0.2, -0.15) is 5.26 Å². The van der Waals surface area contributed by atoms with Crippen LogP contribution in [0.25, 0.3) is 0 Å². The van der Waals surface area contributed by atoms with E-state index in [2.05, 4.69) is 41.7 Å². The van der Waals surface area contributed by atoms with Gasteiger partial charge in [0.2, 0.25) is 0 Å². The maximum Gasteiger partial charge on any atom is 0.0666 e. The maximum atomic E-state index is 8.76. The van der Waals surface area contributed by atoms with Crippen LogP contribution in [0.1, 0.15) is 44.1 Å². The highest BCUT2D eigenvalue weighted by Gasteiger charge is 2.21. The summed E-state index contributed by atoms with van der Waals surface area (Å²) in [6.07, 6.45) is 5.00. The molecule has 1 aromatic carbocycles. The van der Waals surface area contributed by atoms with Gasteiger partial charge >= 0.3 is 0 Å². The monoisotopic (exact) mass is 242 g/mol. The molecular formula is C16H22N2. The molecule has 2 heteroatoms. The molecule has 0 aliphatic heterocycles. The van der Waals surface area contributed by atoms with Crippen molar-refractivity contribution in [2.75, 3.05) is 6.54 Å². The standard InChI is InChI=1S/C16H22N2/c1-13(11-17)12-18-16-9-7-15(8-10-16)14-5-3-2-4-6-14/h2-6,13,15-16,18H,7-10,12H2,1H3. The van der Waals surface area contributed by atoms with Gasteiger partial charge in [0.15, 0.2) is 0 Å². The van der Waals surface area contributed by atoms with Gasteiger partial charge in [0.25, 0.3) is 0 Å². The van der Waals surface area contributed by atoms with Crippen molar-refractivity contribution in [2.24, 2.45) is 5.92 Å². The van der Waals surface area contributed by atoms with Gasteiger partial charge in [0.05, 0.1) is 12.0 Å². The highest BCUT2D eigenvalue weighted by atomic mass is 14.9. The molecule has 0 radical (unpaired) electrons. The fourth-order valence-corrected chi connectivity index (χ4v) is 2.75. The van der Waals surface area contributed by atoms with Crippen LogP contribution in [0.4, 0.5) is 0 Å². The highest BCUT2D eigenvalue weighted by molar-refractivity contribution is 5.20. The largest absolute Gasteiger partial charge is 0.313 e. The Morgan fingerprint density at radius 1 is 1.22 bits per heavy atom. The van der Waals surface area contributed by atoms with Crippen LogP contribution in [0, 0.1) is 17.2 Å². The molecule has 1 atom stereocenters. The van der Waals surface area contributed by atoms with Crippen molar-refractivity contribution in [3.8, 4) is 6.07 Å². The van der Waals surface area contributed by atoms with E-state index in [-0.39, 0.29) is 5.92 Å². The molecule has 96 valence electrons. The van der Waals surface area contributed by atoms with Crippen LogP contribution >= 0.6 is 0 Å². The quantitative estimate of drug-likeness (QED) is 0.877. The van der Waals surface area contributed by atoms with E-state index in [1.165, 1.54) is 31.2 Å². The van der Waals surface area contributed by atoms with Gasteiger partial charge in [-0.3, -0.25) is 0 Å². The van der Waals surface area contributed by atoms with E-state index < -0.39 is 0 Å². The summed E-state index contributed by atoms with van der Waals surface area (Å²) in [5.41, 5.74) is 1.49. The Morgan fingerprint density at radius 3 is 2.50 bits per heavy atom. The lowest BCUT2D eigenvalue weighted by molar-refractivity contribution is 0.337. The first-order valence-corrected chi connectivity index (χ1v) is 6.97. The Labute approximate surface area is 110 Å². The summed E-state index contributed by atoms with van der Waals surface area (Å²) in [6, 6.07) is 13.7. The molecule has 2 nitrogen and oxygen atoms in total. The molecule has 1 unspecified atom stereocenters. The first-order chi connectivity index (χ1) is 8.79. The van der Waals surface area contributed by atoms with Crippen molar-refractivity contribution in [2.45, 2.75) is 44.6 Å². The van der Waals surface area contributed by atoms with Crippen LogP contribution in [0.15, 0.2) is 30.3 Å². The third-order valence-electron chi connectivity index (χ3n) is 3.93. The zero-order valence-corrected chi connectivity index (χ0v) is 11.1. The molecule has 0 spiro atoms. The van der Waals surface area contributed by atoms with Gasteiger partial charge in [-0.05, 0) is 44.1 Å². The topological polar surface area (TPSA) is 35.8 Å². The predicted octanol–water partition coefficient (Wildman–Crippen LogP) is 3.46. The Morgan fingerprint density at radius 2 is 1.89 bits per heavy atom. The second-order valence-electron chi connectivity index (χ2n) is 5.40. The average molecular weight is 242 g/mol. The fourth-order valence-electron chi connectivity index (χ4n) is 2.75. The van der Waals surface area contributed by atoms with Gasteiger partial charge < -0.3 is 5.32 Å². The van der Waals surface area contributed by atoms with Crippen molar-refractivity contribution < 1.29 is 0 Å². The third kappa shape index (κ3) is 3.58. The van der Waals surface area contributed by atoms with E-state index in [1.807, 2.05) is 6.92 Å². The molecule has 0 bridgehead atoms. The summed E-state index contributed by atoms with van der Waals surface area (Å²) in [7, 11) is 0. The first kappa shape index (κ1) is 13.1. The van der Waals surface area contributed by atoms with Gasteiger partial charge in [0.1, 0.15) is 0 Å². The van der Waals surface area contributed by atoms with E-state index in [0.717, 1.165) is 12.5 Å². The van der Waals surface area contributed by atoms with Gasteiger partial charge in [-0.1, -0.05) is 30.3 Å². The second kappa shape index (κ2) is 6.56. The van der Waals surface area contributed by atoms with Crippen LogP contribution < -0.4 is 5.32 Å². The summed E-state index contributed by atoms with van der Waals surface area (Å²) >= 11 is 0. The molecular weight excluding hydrogens is 220 g/mol. The highest BCUT2D eigenvalue weighted by Crippen LogP contribution is 2.32. The van der Waals surface area contributed by atoms with Crippen molar-refractivity contribution in [3.05, 3.63) is 35.9 Å². The Bertz CT molecular complexity index is 385. The van der Waals surface area contributed by atoms with Crippen LogP contribution in [0.2, 0.25) is 0 Å². The Balaban J connectivity index is 1.77. The van der Waals surface area contributed by atoms with E-state index in [9.17, 15) is 0 Å². The van der Waals surface area contributed by atoms with Gasteiger partial charge in [-0.15, -0.1) is 0 Å². The van der Waals surface area contributed by atoms with Crippen LogP contribution in [-0.2, 0) is 0 Å². The first-order valence-electron chi connectivity index (χ1n) is 6.97. The number of nitriles is 1. The minimum atomic E-state index is 0.122. The molecule has 1 aliphatic rings. The summed E-state index contributed by atoms with van der Waals surface area (Å²) in [5.74, 6) is 0.856. The Hall–Kier alpha value is -1.33. The molecule has 1 saturated carbocycles. The number of hydrogen-bond donors (Lipinski definition) is 1. The summed E-state index contributed by atoms with van der Waals surface area (Å²) in [5, 5.41) is 12.3. The van der Waals surface area contributed by atoms with E-state index in [0.29, 0.717) is 6.04 Å². The van der Waals surface area contributed by atoms with Gasteiger partial charge in [-0.25, -0.2) is 0 Å². The molecule has 1 aliphatic carbocycles. The van der Waals surface area contributed by atoms with Crippen molar-refractivity contribution in [3.63, 3.8) is 0 Å². The lowest BCUT2D eigenvalue weighted by Crippen LogP contribution is -2.35. The minimum Gasteiger partial charge on any atom is -0.313 e. The lowest BCUT2D eigenvalue weighted by Gasteiger charge is -2.29. The molecule has 0 saturated heterocycles. The van der Waals surface area contributed by atoms with E-state index in [1.54, 1.807) is 0 Å². The summed E-state index contributed by atoms with van der Waals surface area (Å²) < 4.78 is 0. The maximum absolute atomic E-state index is 8.76. The fraction of sp³-hybridized carbons (Fsp3) is 0.562. The van der Waals surface area contributed by atoms with Crippen LogP contribution in [0.5, 0.6) is 0 Å². The normalized spacial score (nSPS) is 25.3. The summed E-state index contributed by atoms with van der Waals surface area (Å²) in [4.78, 5) is 0. The van der Waals surface area contributed by atoms with Crippen LogP contribution in [-0.4, -0.2) is 12.6 Å². The SMILES string of the molecule is CC(C#N)CNC1CCC(c2ccccc2)CC1. The predicted molar refractivity (Wildman–Crippen MR) is 74.2 cm³/mol. The van der Waals surface area contributed by atoms with Crippen molar-refractivity contribution in [1.29, 1.82) is 5.26 Å². The molecule has 1 fully saturated rings. The molecule has 18 heavy (non-hydrogen) atoms. The number of nitrogens with one attached hydrogen (secondary N) is 1. The minimum absolute atomic E-state index is 0.122. The van der Waals surface area contributed by atoms with E-state index in [4.69, 9.17) is 5.26 Å². The third-order valence-corrected chi connectivity index (χ3v) is 3.93. The Kier molecular flexibility index (Phi) is 4.78. The summed E-state index contributed by atoms with van der Waals surface area (Å²) in [6.45, 7) is 2.81. The zero-order chi connectivity index (χ0) is 12.8. The number of hydrogen-bond acceptors (Lipinski definition) is 2. The smallest absolute Gasteiger partial charge is 0.0666 e. The van der Waals surface area contributed by atoms with Crippen molar-refractivity contribution >= 4 is 0 Å². The molecule has 1 N–H and O–H groups in total. The molecule has 0 amide bonds. The molecule has 0 heterocycles. The number of rotatable bonds is 4. The molecule has 2 rings (SSSR count). The molecule has 1 aromatic rings. The molecule has 0 aromatic heterocycles. The lowest BCUT2D eigenvalue weighted by atomic mass is 9.82. The van der Waals surface area contributed by atoms with E-state index >= 15 is 0 Å². The van der Waals surface area contributed by atoms with Crippen LogP contribution in [0.3, 0.4) is 0 Å².